The molecule has 0 aromatic heterocycles. The number of allylic oxidation sites excluding steroid dienone is 4. The van der Waals surface area contributed by atoms with Crippen LogP contribution in [-0.4, -0.2) is 45.5 Å². The van der Waals surface area contributed by atoms with Crippen molar-refractivity contribution in [3.05, 3.63) is 51.8 Å². The normalized spacial score (nSPS) is 39.5. The number of ketones is 2. The Morgan fingerprint density at radius 3 is 2.48 bits per heavy atom. The Bertz CT molecular complexity index is 1740. The Kier molecular flexibility index (Phi) is 5.83. The lowest BCUT2D eigenvalue weighted by atomic mass is 9.37. The molecule has 4 saturated carbocycles. The second kappa shape index (κ2) is 8.94. The first-order valence-corrected chi connectivity index (χ1v) is 16.8. The molecule has 1 N–H and O–H groups in total. The van der Waals surface area contributed by atoms with E-state index in [-0.39, 0.29) is 52.5 Å². The molecule has 5 fully saturated rings. The predicted octanol–water partition coefficient (Wildman–Crippen LogP) is 6.68. The summed E-state index contributed by atoms with van der Waals surface area (Å²) in [7, 11) is 0. The molecule has 8 atom stereocenters. The van der Waals surface area contributed by atoms with Gasteiger partial charge in [-0.15, -0.1) is 0 Å². The molecule has 46 heavy (non-hydrogen) atoms. The maximum atomic E-state index is 15.0. The van der Waals surface area contributed by atoms with E-state index >= 15 is 0 Å². The average molecular weight is 629 g/mol. The van der Waals surface area contributed by atoms with Gasteiger partial charge in [-0.05, 0) is 84.6 Å². The van der Waals surface area contributed by atoms with Crippen LogP contribution < -0.4 is 9.47 Å². The van der Waals surface area contributed by atoms with Gasteiger partial charge in [0.05, 0.1) is 5.60 Å². The summed E-state index contributed by atoms with van der Waals surface area (Å²) in [6.45, 7) is 16.8. The van der Waals surface area contributed by atoms with Crippen LogP contribution in [-0.2, 0) is 25.5 Å². The summed E-state index contributed by atoms with van der Waals surface area (Å²) >= 11 is 0. The topological polar surface area (TPSA) is 108 Å². The molecule has 1 aromatic carbocycles. The van der Waals surface area contributed by atoms with Gasteiger partial charge in [-0.3, -0.25) is 14.4 Å². The van der Waals surface area contributed by atoms with E-state index < -0.39 is 28.3 Å². The van der Waals surface area contributed by atoms with E-state index in [9.17, 15) is 19.5 Å². The summed E-state index contributed by atoms with van der Waals surface area (Å²) < 4.78 is 26.2. The van der Waals surface area contributed by atoms with Gasteiger partial charge in [0.25, 0.3) is 6.47 Å². The fraction of sp³-hybridized carbons (Fsp3) is 0.605. The van der Waals surface area contributed by atoms with Gasteiger partial charge in [0.1, 0.15) is 34.2 Å². The molecule has 8 bridgehead atoms. The maximum absolute atomic E-state index is 15.0. The van der Waals surface area contributed by atoms with Gasteiger partial charge in [-0.2, -0.15) is 0 Å². The number of ether oxygens (including phenoxy) is 4. The third-order valence-electron chi connectivity index (χ3n) is 13.1. The number of hydrogen-bond donors (Lipinski definition) is 1. The highest BCUT2D eigenvalue weighted by Crippen LogP contribution is 2.76. The summed E-state index contributed by atoms with van der Waals surface area (Å²) in [6, 6.07) is 0. The standard InChI is InChI=1S/C38H44O8/c1-18(2)9-10-21-30-26(25-22-12-13-36(8,44-30)32(25)34(22,4)5)29(41)27-28(40)23-15-20-16-24-35(6,7)46-37(33(20)42,14-11-19(3)43-17-39)38(23,24)45-31(21)27/h9,11,15,17,20,22,24-25,32,41H,10,12-14,16H2,1-8H3/b19-11-/t20-,22?,24?,25?,32?,36-,37?,38-/m1/s1. The van der Waals surface area contributed by atoms with Crippen LogP contribution in [0.2, 0.25) is 0 Å². The SMILES string of the molecule is CC(C)=CCc1c2c(c(O)c3c1O[C@]1(C)CCC4C3C1C4(C)C)C(=O)C1=C[C@@H]3CC4C(C)(C)OC(C/C=C(/C)OC=O)(C3=O)[C@@]14O2. The van der Waals surface area contributed by atoms with Gasteiger partial charge in [0, 0.05) is 46.8 Å². The van der Waals surface area contributed by atoms with Gasteiger partial charge in [-0.25, -0.2) is 0 Å². The number of Topliss-reactive ketones (excluding diaryl/α,β-unsaturated/α-hetero) is 2. The molecule has 0 amide bonds. The monoisotopic (exact) mass is 628 g/mol. The molecular weight excluding hydrogens is 584 g/mol. The first-order valence-electron chi connectivity index (χ1n) is 16.8. The second-order valence-electron chi connectivity index (χ2n) is 16.4. The largest absolute Gasteiger partial charge is 0.507 e. The van der Waals surface area contributed by atoms with Gasteiger partial charge >= 0.3 is 0 Å². The number of carbonyl (C=O) groups excluding carboxylic acids is 3. The van der Waals surface area contributed by atoms with E-state index in [1.54, 1.807) is 19.1 Å². The Labute approximate surface area is 270 Å². The van der Waals surface area contributed by atoms with Gasteiger partial charge in [0.15, 0.2) is 22.8 Å². The summed E-state index contributed by atoms with van der Waals surface area (Å²) in [6.07, 6.45) is 8.48. The lowest BCUT2D eigenvalue weighted by Crippen LogP contribution is -2.72. The summed E-state index contributed by atoms with van der Waals surface area (Å²) in [5, 5.41) is 12.2. The lowest BCUT2D eigenvalue weighted by Gasteiger charge is -2.70. The van der Waals surface area contributed by atoms with Gasteiger partial charge in [-0.1, -0.05) is 31.6 Å². The number of hydrogen-bond acceptors (Lipinski definition) is 8. The molecule has 0 radical (unpaired) electrons. The van der Waals surface area contributed by atoms with Crippen molar-refractivity contribution in [1.82, 2.24) is 0 Å². The van der Waals surface area contributed by atoms with Crippen molar-refractivity contribution < 1.29 is 38.4 Å². The first-order chi connectivity index (χ1) is 21.6. The van der Waals surface area contributed by atoms with E-state index in [4.69, 9.17) is 18.9 Å². The van der Waals surface area contributed by atoms with Crippen LogP contribution in [0.4, 0.5) is 0 Å². The Hall–Kier alpha value is -3.39. The molecule has 5 unspecified atom stereocenters. The average Bonchev–Trinajstić information content (AvgIpc) is 3.12. The Morgan fingerprint density at radius 1 is 1.07 bits per heavy atom. The minimum absolute atomic E-state index is 0.0457. The zero-order valence-corrected chi connectivity index (χ0v) is 28.0. The highest BCUT2D eigenvalue weighted by atomic mass is 16.6. The minimum Gasteiger partial charge on any atom is -0.507 e. The smallest absolute Gasteiger partial charge is 0.298 e. The highest BCUT2D eigenvalue weighted by molar-refractivity contribution is 6.18. The number of phenolic OH excluding ortho intramolecular Hbond substituents is 1. The number of rotatable bonds is 6. The third-order valence-corrected chi connectivity index (χ3v) is 13.1. The molecule has 3 heterocycles. The van der Waals surface area contributed by atoms with Crippen LogP contribution in [0.25, 0.3) is 0 Å². The molecule has 1 spiro atoms. The molecule has 6 aliphatic carbocycles. The van der Waals surface area contributed by atoms with Gasteiger partial charge < -0.3 is 24.1 Å². The van der Waals surface area contributed by atoms with E-state index in [2.05, 4.69) is 26.8 Å². The summed E-state index contributed by atoms with van der Waals surface area (Å²) in [4.78, 5) is 40.5. The predicted molar refractivity (Wildman–Crippen MR) is 169 cm³/mol. The maximum Gasteiger partial charge on any atom is 0.298 e. The number of aromatic hydroxyl groups is 1. The van der Waals surface area contributed by atoms with Crippen molar-refractivity contribution in [3.8, 4) is 17.2 Å². The van der Waals surface area contributed by atoms with Crippen LogP contribution in [0, 0.1) is 29.1 Å². The zero-order chi connectivity index (χ0) is 32.9. The lowest BCUT2D eigenvalue weighted by molar-refractivity contribution is -0.214. The van der Waals surface area contributed by atoms with Crippen LogP contribution in [0.15, 0.2) is 35.1 Å². The van der Waals surface area contributed by atoms with Crippen LogP contribution in [0.5, 0.6) is 17.2 Å². The fourth-order valence-corrected chi connectivity index (χ4v) is 11.3. The van der Waals surface area contributed by atoms with Crippen molar-refractivity contribution in [2.24, 2.45) is 29.1 Å². The summed E-state index contributed by atoms with van der Waals surface area (Å²) in [5.41, 5.74) is -0.973. The van der Waals surface area contributed by atoms with Gasteiger partial charge in [0.2, 0.25) is 0 Å². The number of fused-ring (bicyclic) bond motifs is 3. The van der Waals surface area contributed by atoms with E-state index in [1.165, 1.54) is 0 Å². The molecule has 1 saturated heterocycles. The van der Waals surface area contributed by atoms with E-state index in [0.717, 1.165) is 29.5 Å². The molecular formula is C38H44O8. The summed E-state index contributed by atoms with van der Waals surface area (Å²) in [5.74, 6) is 0.590. The molecule has 244 valence electrons. The van der Waals surface area contributed by atoms with E-state index in [1.807, 2.05) is 27.7 Å². The van der Waals surface area contributed by atoms with Crippen LogP contribution in [0.1, 0.15) is 108 Å². The highest BCUT2D eigenvalue weighted by Gasteiger charge is 2.81. The van der Waals surface area contributed by atoms with Crippen LogP contribution in [0.3, 0.4) is 0 Å². The fourth-order valence-electron chi connectivity index (χ4n) is 11.3. The molecule has 3 aliphatic heterocycles. The Balaban J connectivity index is 1.39. The van der Waals surface area contributed by atoms with Crippen molar-refractivity contribution in [1.29, 1.82) is 0 Å². The number of carbonyl (C=O) groups is 3. The van der Waals surface area contributed by atoms with E-state index in [0.29, 0.717) is 48.1 Å². The molecule has 10 rings (SSSR count). The first kappa shape index (κ1) is 30.0. The van der Waals surface area contributed by atoms with Crippen molar-refractivity contribution in [2.75, 3.05) is 0 Å². The zero-order valence-electron chi connectivity index (χ0n) is 28.0. The molecule has 1 aromatic rings. The third kappa shape index (κ3) is 3.27. The Morgan fingerprint density at radius 2 is 1.80 bits per heavy atom. The van der Waals surface area contributed by atoms with Crippen molar-refractivity contribution >= 4 is 18.0 Å². The molecule has 9 aliphatic rings. The number of phenols is 1. The second-order valence-corrected chi connectivity index (χ2v) is 16.4. The van der Waals surface area contributed by atoms with Crippen molar-refractivity contribution in [3.63, 3.8) is 0 Å². The quantitative estimate of drug-likeness (QED) is 0.211. The molecule has 8 heteroatoms. The molecule has 8 nitrogen and oxygen atoms in total. The number of benzene rings is 1. The van der Waals surface area contributed by atoms with Crippen molar-refractivity contribution in [2.45, 2.75) is 116 Å². The minimum atomic E-state index is -1.52. The van der Waals surface area contributed by atoms with Crippen LogP contribution >= 0.6 is 0 Å².